The van der Waals surface area contributed by atoms with Crippen LogP contribution in [0.15, 0.2) is 29.2 Å². The molecule has 2 aromatic rings. The fourth-order valence-electron chi connectivity index (χ4n) is 5.42. The van der Waals surface area contributed by atoms with Gasteiger partial charge in [0.05, 0.1) is 43.1 Å². The number of hydrogen-bond donors (Lipinski definition) is 1. The van der Waals surface area contributed by atoms with Gasteiger partial charge in [-0.15, -0.1) is 0 Å². The molecular formula is C27H26N2O7S2. The number of benzene rings is 2. The predicted octanol–water partition coefficient (Wildman–Crippen LogP) is 4.42. The molecule has 1 unspecified atom stereocenters. The summed E-state index contributed by atoms with van der Waals surface area (Å²) in [6, 6.07) is 6.43. The molecule has 3 aliphatic heterocycles. The second-order valence-electron chi connectivity index (χ2n) is 9.82. The number of rotatable bonds is 5. The van der Waals surface area contributed by atoms with Crippen molar-refractivity contribution in [3.63, 3.8) is 0 Å². The zero-order valence-electron chi connectivity index (χ0n) is 21.7. The Hall–Kier alpha value is -3.57. The van der Waals surface area contributed by atoms with Gasteiger partial charge in [0, 0.05) is 11.1 Å². The maximum absolute atomic E-state index is 13.8. The zero-order valence-corrected chi connectivity index (χ0v) is 23.3. The van der Waals surface area contributed by atoms with Crippen molar-refractivity contribution in [2.24, 2.45) is 0 Å². The van der Waals surface area contributed by atoms with E-state index in [-0.39, 0.29) is 37.9 Å². The van der Waals surface area contributed by atoms with Crippen LogP contribution in [0.25, 0.3) is 5.57 Å². The summed E-state index contributed by atoms with van der Waals surface area (Å²) in [7, 11) is 4.39. The lowest BCUT2D eigenvalue weighted by Crippen LogP contribution is -2.49. The fourth-order valence-corrected chi connectivity index (χ4v) is 6.54. The number of carbonyl (C=O) groups is 3. The standard InChI is InChI=1S/C27H26N2O7S2/c1-12-11-27(2,3)29-20-15(12)9-14(10-16(20)19(24(29)31)22-23(30)28-26(37)38-22)36-25(32)13-7-17(33-4)21(35-6)18(8-13)34-5/h7-10,12H,11H2,1-6H3,(H,28,30,37)/b22-19-. The minimum atomic E-state index is -0.648. The minimum absolute atomic E-state index is 0.0677. The van der Waals surface area contributed by atoms with E-state index >= 15 is 0 Å². The Morgan fingerprint density at radius 2 is 1.74 bits per heavy atom. The molecule has 0 bridgehead atoms. The van der Waals surface area contributed by atoms with E-state index in [4.69, 9.17) is 31.2 Å². The molecule has 1 fully saturated rings. The van der Waals surface area contributed by atoms with Gasteiger partial charge in [-0.05, 0) is 56.0 Å². The molecule has 0 aromatic heterocycles. The van der Waals surface area contributed by atoms with E-state index in [1.165, 1.54) is 33.5 Å². The number of carbonyl (C=O) groups excluding carboxylic acids is 3. The van der Waals surface area contributed by atoms with Gasteiger partial charge in [0.15, 0.2) is 11.5 Å². The first-order valence-corrected chi connectivity index (χ1v) is 13.1. The van der Waals surface area contributed by atoms with E-state index in [2.05, 4.69) is 12.2 Å². The summed E-state index contributed by atoms with van der Waals surface area (Å²) in [4.78, 5) is 41.7. The van der Waals surface area contributed by atoms with Crippen molar-refractivity contribution in [1.82, 2.24) is 5.32 Å². The van der Waals surface area contributed by atoms with E-state index in [1.54, 1.807) is 17.0 Å². The third-order valence-corrected chi connectivity index (χ3v) is 8.15. The highest BCUT2D eigenvalue weighted by Gasteiger charge is 2.49. The molecular weight excluding hydrogens is 528 g/mol. The lowest BCUT2D eigenvalue weighted by atomic mass is 9.80. The molecule has 11 heteroatoms. The maximum atomic E-state index is 13.8. The van der Waals surface area contributed by atoms with E-state index in [9.17, 15) is 14.4 Å². The van der Waals surface area contributed by atoms with Crippen LogP contribution in [0.3, 0.4) is 0 Å². The number of nitrogens with zero attached hydrogens (tertiary/aromatic N) is 1. The first kappa shape index (κ1) is 26.1. The maximum Gasteiger partial charge on any atom is 0.343 e. The van der Waals surface area contributed by atoms with Crippen LogP contribution >= 0.6 is 24.0 Å². The summed E-state index contributed by atoms with van der Waals surface area (Å²) in [5.74, 6) is -0.0358. The summed E-state index contributed by atoms with van der Waals surface area (Å²) in [6.45, 7) is 6.08. The van der Waals surface area contributed by atoms with Gasteiger partial charge in [-0.25, -0.2) is 4.79 Å². The van der Waals surface area contributed by atoms with Crippen LogP contribution < -0.4 is 29.2 Å². The molecule has 3 heterocycles. The number of hydrogen-bond acceptors (Lipinski definition) is 9. The molecule has 0 spiro atoms. The summed E-state index contributed by atoms with van der Waals surface area (Å²) in [5.41, 5.74) is 2.12. The lowest BCUT2D eigenvalue weighted by molar-refractivity contribution is -0.116. The third-order valence-electron chi connectivity index (χ3n) is 6.92. The molecule has 1 saturated heterocycles. The topological polar surface area (TPSA) is 103 Å². The van der Waals surface area contributed by atoms with Crippen LogP contribution in [0.1, 0.15) is 54.6 Å². The number of methoxy groups -OCH3 is 3. The monoisotopic (exact) mass is 554 g/mol. The highest BCUT2D eigenvalue weighted by Crippen LogP contribution is 2.54. The molecule has 5 rings (SSSR count). The molecule has 1 atom stereocenters. The number of nitrogens with one attached hydrogen (secondary N) is 1. The molecule has 38 heavy (non-hydrogen) atoms. The van der Waals surface area contributed by atoms with Gasteiger partial charge in [-0.1, -0.05) is 30.9 Å². The van der Waals surface area contributed by atoms with Gasteiger partial charge in [-0.3, -0.25) is 9.59 Å². The lowest BCUT2D eigenvalue weighted by Gasteiger charge is -2.43. The second-order valence-corrected chi connectivity index (χ2v) is 11.5. The molecule has 3 aliphatic rings. The molecule has 0 aliphatic carbocycles. The largest absolute Gasteiger partial charge is 0.493 e. The highest BCUT2D eigenvalue weighted by atomic mass is 32.2. The fraction of sp³-hybridized carbons (Fsp3) is 0.333. The van der Waals surface area contributed by atoms with Gasteiger partial charge in [0.1, 0.15) is 10.1 Å². The number of esters is 1. The molecule has 2 amide bonds. The van der Waals surface area contributed by atoms with Gasteiger partial charge in [0.25, 0.3) is 11.8 Å². The minimum Gasteiger partial charge on any atom is -0.493 e. The smallest absolute Gasteiger partial charge is 0.343 e. The predicted molar refractivity (Wildman–Crippen MR) is 147 cm³/mol. The second kappa shape index (κ2) is 9.32. The van der Waals surface area contributed by atoms with Crippen LogP contribution in [-0.2, 0) is 9.59 Å². The Balaban J connectivity index is 1.63. The van der Waals surface area contributed by atoms with Crippen LogP contribution in [0.5, 0.6) is 23.0 Å². The first-order valence-electron chi connectivity index (χ1n) is 11.8. The van der Waals surface area contributed by atoms with Crippen molar-refractivity contribution in [3.8, 4) is 23.0 Å². The van der Waals surface area contributed by atoms with Crippen molar-refractivity contribution in [3.05, 3.63) is 45.9 Å². The molecule has 1 N–H and O–H groups in total. The zero-order chi connectivity index (χ0) is 27.5. The van der Waals surface area contributed by atoms with Crippen molar-refractivity contribution < 1.29 is 33.3 Å². The molecule has 0 saturated carbocycles. The SMILES string of the molecule is COc1cc(C(=O)Oc2cc3c4c(c2)C(C)CC(C)(C)N4C(=O)/C3=C2\SC(=S)NC2=O)cc(OC)c1OC. The number of anilines is 1. The van der Waals surface area contributed by atoms with Crippen molar-refractivity contribution in [1.29, 1.82) is 0 Å². The van der Waals surface area contributed by atoms with E-state index in [0.29, 0.717) is 29.2 Å². The third kappa shape index (κ3) is 4.01. The van der Waals surface area contributed by atoms with Gasteiger partial charge >= 0.3 is 5.97 Å². The Morgan fingerprint density at radius 1 is 1.08 bits per heavy atom. The number of ether oxygens (including phenoxy) is 4. The van der Waals surface area contributed by atoms with Crippen molar-refractivity contribution in [2.75, 3.05) is 26.2 Å². The Morgan fingerprint density at radius 3 is 2.29 bits per heavy atom. The number of thioether (sulfide) groups is 1. The van der Waals surface area contributed by atoms with Crippen molar-refractivity contribution >= 4 is 57.3 Å². The van der Waals surface area contributed by atoms with Gasteiger partial charge in [0.2, 0.25) is 5.75 Å². The molecule has 2 aromatic carbocycles. The Labute approximate surface area is 229 Å². The van der Waals surface area contributed by atoms with Crippen LogP contribution in [-0.4, -0.2) is 49.0 Å². The van der Waals surface area contributed by atoms with Crippen LogP contribution in [0.2, 0.25) is 0 Å². The normalized spacial score (nSPS) is 21.3. The van der Waals surface area contributed by atoms with E-state index < -0.39 is 17.4 Å². The quantitative estimate of drug-likeness (QED) is 0.249. The molecule has 0 radical (unpaired) electrons. The van der Waals surface area contributed by atoms with Crippen LogP contribution in [0.4, 0.5) is 5.69 Å². The summed E-state index contributed by atoms with van der Waals surface area (Å²) in [5, 5.41) is 2.59. The average Bonchev–Trinajstić information content (AvgIpc) is 3.35. The summed E-state index contributed by atoms with van der Waals surface area (Å²) >= 11 is 6.24. The van der Waals surface area contributed by atoms with Crippen molar-refractivity contribution in [2.45, 2.75) is 38.6 Å². The first-order chi connectivity index (χ1) is 18.0. The summed E-state index contributed by atoms with van der Waals surface area (Å²) in [6.07, 6.45) is 0.690. The molecule has 198 valence electrons. The van der Waals surface area contributed by atoms with Gasteiger partial charge < -0.3 is 29.2 Å². The number of thiocarbonyl (C=S) groups is 1. The van der Waals surface area contributed by atoms with E-state index in [0.717, 1.165) is 23.0 Å². The van der Waals surface area contributed by atoms with Gasteiger partial charge in [-0.2, -0.15) is 0 Å². The molecule has 9 nitrogen and oxygen atoms in total. The van der Waals surface area contributed by atoms with Crippen LogP contribution in [0, 0.1) is 0 Å². The number of amides is 2. The Bertz CT molecular complexity index is 1440. The average molecular weight is 555 g/mol. The Kier molecular flexibility index (Phi) is 6.39. The van der Waals surface area contributed by atoms with E-state index in [1.807, 2.05) is 13.8 Å². The summed E-state index contributed by atoms with van der Waals surface area (Å²) < 4.78 is 22.2. The highest BCUT2D eigenvalue weighted by molar-refractivity contribution is 8.27.